The second-order valence-corrected chi connectivity index (χ2v) is 8.18. The lowest BCUT2D eigenvalue weighted by atomic mass is 10.1. The van der Waals surface area contributed by atoms with Crippen LogP contribution >= 0.6 is 0 Å². The van der Waals surface area contributed by atoms with Crippen LogP contribution in [0.5, 0.6) is 0 Å². The molecule has 1 aliphatic rings. The largest absolute Gasteiger partial charge is 0.416 e. The van der Waals surface area contributed by atoms with E-state index in [4.69, 9.17) is 0 Å². The van der Waals surface area contributed by atoms with Crippen molar-refractivity contribution in [3.63, 3.8) is 0 Å². The average molecular weight is 472 g/mol. The SMILES string of the molecule is O=C(Nc1ccc(N2CCCN(Cc3ccc(F)cc3)CC2)nc1)c1cccc(C(F)(F)F)c1. The van der Waals surface area contributed by atoms with Gasteiger partial charge in [0.1, 0.15) is 11.6 Å². The number of pyridine rings is 1. The van der Waals surface area contributed by atoms with Crippen LogP contribution in [0.25, 0.3) is 0 Å². The van der Waals surface area contributed by atoms with E-state index in [1.807, 2.05) is 0 Å². The Labute approximate surface area is 195 Å². The van der Waals surface area contributed by atoms with Gasteiger partial charge in [0.05, 0.1) is 17.4 Å². The minimum absolute atomic E-state index is 0.0762. The molecule has 2 heterocycles. The van der Waals surface area contributed by atoms with Crippen LogP contribution in [0.15, 0.2) is 66.9 Å². The fourth-order valence-corrected chi connectivity index (χ4v) is 3.89. The van der Waals surface area contributed by atoms with Crippen LogP contribution in [-0.4, -0.2) is 42.0 Å². The topological polar surface area (TPSA) is 48.5 Å². The predicted octanol–water partition coefficient (Wildman–Crippen LogP) is 5.20. The lowest BCUT2D eigenvalue weighted by Crippen LogP contribution is -2.31. The average Bonchev–Trinajstić information content (AvgIpc) is 3.06. The smallest absolute Gasteiger partial charge is 0.355 e. The number of hydrogen-bond donors (Lipinski definition) is 1. The summed E-state index contributed by atoms with van der Waals surface area (Å²) in [4.78, 5) is 21.3. The van der Waals surface area contributed by atoms with Crippen LogP contribution in [0.1, 0.15) is 27.9 Å². The fraction of sp³-hybridized carbons (Fsp3) is 0.280. The fourth-order valence-electron chi connectivity index (χ4n) is 3.89. The number of anilines is 2. The number of aromatic nitrogens is 1. The van der Waals surface area contributed by atoms with Gasteiger partial charge in [-0.15, -0.1) is 0 Å². The first-order valence-electron chi connectivity index (χ1n) is 10.9. The molecule has 0 atom stereocenters. The Morgan fingerprint density at radius 2 is 1.76 bits per heavy atom. The maximum Gasteiger partial charge on any atom is 0.416 e. The molecule has 0 radical (unpaired) electrons. The molecule has 0 aliphatic carbocycles. The molecule has 0 unspecified atom stereocenters. The summed E-state index contributed by atoms with van der Waals surface area (Å²) in [7, 11) is 0. The molecule has 0 saturated carbocycles. The molecular weight excluding hydrogens is 448 g/mol. The van der Waals surface area contributed by atoms with Crippen molar-refractivity contribution in [2.45, 2.75) is 19.1 Å². The van der Waals surface area contributed by atoms with Crippen molar-refractivity contribution in [1.29, 1.82) is 0 Å². The Bertz CT molecular complexity index is 1120. The highest BCUT2D eigenvalue weighted by Gasteiger charge is 2.30. The van der Waals surface area contributed by atoms with Crippen LogP contribution in [0.3, 0.4) is 0 Å². The van der Waals surface area contributed by atoms with Crippen molar-refractivity contribution in [3.8, 4) is 0 Å². The number of nitrogens with one attached hydrogen (secondary N) is 1. The monoisotopic (exact) mass is 472 g/mol. The summed E-state index contributed by atoms with van der Waals surface area (Å²) in [6, 6.07) is 14.3. The lowest BCUT2D eigenvalue weighted by molar-refractivity contribution is -0.137. The molecule has 3 aromatic rings. The zero-order valence-electron chi connectivity index (χ0n) is 18.4. The number of carbonyl (C=O) groups is 1. The number of nitrogens with zero attached hydrogens (tertiary/aromatic N) is 3. The van der Waals surface area contributed by atoms with E-state index in [0.29, 0.717) is 5.69 Å². The molecule has 9 heteroatoms. The maximum atomic E-state index is 13.1. The van der Waals surface area contributed by atoms with Gasteiger partial charge in [0.25, 0.3) is 5.91 Å². The summed E-state index contributed by atoms with van der Waals surface area (Å²) in [6.45, 7) is 4.08. The molecule has 1 amide bonds. The second-order valence-electron chi connectivity index (χ2n) is 8.18. The van der Waals surface area contributed by atoms with E-state index in [-0.39, 0.29) is 11.4 Å². The van der Waals surface area contributed by atoms with Gasteiger partial charge in [-0.05, 0) is 54.4 Å². The standard InChI is InChI=1S/C25H24F4N4O/c26-21-7-5-18(6-8-21)17-32-11-2-12-33(14-13-32)23-10-9-22(16-30-23)31-24(34)19-3-1-4-20(15-19)25(27,28)29/h1,3-10,15-16H,2,11-14,17H2,(H,31,34). The molecule has 1 aliphatic heterocycles. The van der Waals surface area contributed by atoms with Crippen LogP contribution in [0.2, 0.25) is 0 Å². The minimum Gasteiger partial charge on any atom is -0.355 e. The van der Waals surface area contributed by atoms with E-state index in [2.05, 4.69) is 20.1 Å². The molecule has 1 fully saturated rings. The van der Waals surface area contributed by atoms with E-state index in [0.717, 1.165) is 62.7 Å². The van der Waals surface area contributed by atoms with E-state index >= 15 is 0 Å². The van der Waals surface area contributed by atoms with E-state index < -0.39 is 17.6 Å². The van der Waals surface area contributed by atoms with Gasteiger partial charge in [-0.1, -0.05) is 18.2 Å². The summed E-state index contributed by atoms with van der Waals surface area (Å²) in [6.07, 6.45) is -2.07. The van der Waals surface area contributed by atoms with Crippen molar-refractivity contribution < 1.29 is 22.4 Å². The predicted molar refractivity (Wildman–Crippen MR) is 122 cm³/mol. The molecule has 0 spiro atoms. The zero-order chi connectivity index (χ0) is 24.1. The van der Waals surface area contributed by atoms with Crippen LogP contribution < -0.4 is 10.2 Å². The molecule has 1 saturated heterocycles. The van der Waals surface area contributed by atoms with Crippen molar-refractivity contribution in [2.24, 2.45) is 0 Å². The molecule has 1 N–H and O–H groups in total. The van der Waals surface area contributed by atoms with Crippen LogP contribution in [-0.2, 0) is 12.7 Å². The Balaban J connectivity index is 1.34. The Morgan fingerprint density at radius 3 is 2.47 bits per heavy atom. The van der Waals surface area contributed by atoms with Crippen molar-refractivity contribution in [3.05, 3.63) is 89.4 Å². The van der Waals surface area contributed by atoms with Crippen LogP contribution in [0, 0.1) is 5.82 Å². The number of benzene rings is 2. The number of carbonyl (C=O) groups excluding carboxylic acids is 1. The number of amides is 1. The highest BCUT2D eigenvalue weighted by atomic mass is 19.4. The first-order chi connectivity index (χ1) is 16.3. The summed E-state index contributed by atoms with van der Waals surface area (Å²) < 4.78 is 51.8. The third-order valence-corrected chi connectivity index (χ3v) is 5.69. The summed E-state index contributed by atoms with van der Waals surface area (Å²) in [5.41, 5.74) is 0.517. The Morgan fingerprint density at radius 1 is 0.971 bits per heavy atom. The molecule has 1 aromatic heterocycles. The normalized spacial score (nSPS) is 15.1. The summed E-state index contributed by atoms with van der Waals surface area (Å²) >= 11 is 0. The third-order valence-electron chi connectivity index (χ3n) is 5.69. The van der Waals surface area contributed by atoms with Gasteiger partial charge in [0, 0.05) is 38.3 Å². The molecule has 4 rings (SSSR count). The van der Waals surface area contributed by atoms with Gasteiger partial charge >= 0.3 is 6.18 Å². The molecule has 0 bridgehead atoms. The van der Waals surface area contributed by atoms with E-state index in [9.17, 15) is 22.4 Å². The summed E-state index contributed by atoms with van der Waals surface area (Å²) in [5.74, 6) is -0.112. The number of halogens is 4. The number of alkyl halides is 3. The zero-order valence-corrected chi connectivity index (χ0v) is 18.4. The molecule has 34 heavy (non-hydrogen) atoms. The maximum absolute atomic E-state index is 13.1. The van der Waals surface area contributed by atoms with Gasteiger partial charge in [-0.3, -0.25) is 9.69 Å². The van der Waals surface area contributed by atoms with E-state index in [1.54, 1.807) is 24.3 Å². The van der Waals surface area contributed by atoms with Crippen molar-refractivity contribution in [1.82, 2.24) is 9.88 Å². The minimum atomic E-state index is -4.51. The van der Waals surface area contributed by atoms with Gasteiger partial charge in [0.15, 0.2) is 0 Å². The highest BCUT2D eigenvalue weighted by molar-refractivity contribution is 6.04. The molecule has 2 aromatic carbocycles. The molecule has 178 valence electrons. The van der Waals surface area contributed by atoms with E-state index in [1.165, 1.54) is 30.5 Å². The summed E-state index contributed by atoms with van der Waals surface area (Å²) in [5, 5.41) is 2.60. The quantitative estimate of drug-likeness (QED) is 0.519. The molecule has 5 nitrogen and oxygen atoms in total. The Hall–Kier alpha value is -3.46. The third kappa shape index (κ3) is 6.11. The second kappa shape index (κ2) is 10.2. The van der Waals surface area contributed by atoms with Gasteiger partial charge in [-0.2, -0.15) is 13.2 Å². The number of rotatable bonds is 5. The highest BCUT2D eigenvalue weighted by Crippen LogP contribution is 2.29. The lowest BCUT2D eigenvalue weighted by Gasteiger charge is -2.23. The Kier molecular flexibility index (Phi) is 7.12. The van der Waals surface area contributed by atoms with Crippen molar-refractivity contribution >= 4 is 17.4 Å². The van der Waals surface area contributed by atoms with Crippen molar-refractivity contribution in [2.75, 3.05) is 36.4 Å². The number of hydrogen-bond acceptors (Lipinski definition) is 4. The van der Waals surface area contributed by atoms with Crippen LogP contribution in [0.4, 0.5) is 29.1 Å². The van der Waals surface area contributed by atoms with Gasteiger partial charge in [0.2, 0.25) is 0 Å². The molecular formula is C25H24F4N4O. The van der Waals surface area contributed by atoms with Gasteiger partial charge < -0.3 is 10.2 Å². The first-order valence-corrected chi connectivity index (χ1v) is 10.9. The van der Waals surface area contributed by atoms with Gasteiger partial charge in [-0.25, -0.2) is 9.37 Å². The first kappa shape index (κ1) is 23.7.